The summed E-state index contributed by atoms with van der Waals surface area (Å²) in [5.41, 5.74) is -0.555. The van der Waals surface area contributed by atoms with Crippen LogP contribution in [0.3, 0.4) is 0 Å². The zero-order valence-electron chi connectivity index (χ0n) is 10.9. The van der Waals surface area contributed by atoms with E-state index in [4.69, 9.17) is 10.00 Å². The van der Waals surface area contributed by atoms with Gasteiger partial charge in [-0.1, -0.05) is 6.92 Å². The quantitative estimate of drug-likeness (QED) is 0.652. The number of halogens is 3. The number of hydrogen-bond donors (Lipinski definition) is 1. The largest absolute Gasteiger partial charge is 0.391 e. The molecule has 0 bridgehead atoms. The molecule has 0 spiro atoms. The van der Waals surface area contributed by atoms with Crippen molar-refractivity contribution in [3.05, 3.63) is 0 Å². The first-order valence-electron chi connectivity index (χ1n) is 6.14. The fraction of sp³-hybridized carbons (Fsp3) is 0.917. The number of ether oxygens (including phenoxy) is 1. The van der Waals surface area contributed by atoms with Gasteiger partial charge in [0.2, 0.25) is 0 Å². The highest BCUT2D eigenvalue weighted by atomic mass is 19.4. The lowest BCUT2D eigenvalue weighted by Gasteiger charge is -2.22. The Hall–Kier alpha value is -0.800. The molecule has 0 saturated carbocycles. The SMILES string of the molecule is CCNC(C)(C#N)CCCCOCCC(F)(F)F. The van der Waals surface area contributed by atoms with Gasteiger partial charge in [0.25, 0.3) is 0 Å². The zero-order chi connectivity index (χ0) is 14.1. The lowest BCUT2D eigenvalue weighted by molar-refractivity contribution is -0.145. The maximum Gasteiger partial charge on any atom is 0.391 e. The summed E-state index contributed by atoms with van der Waals surface area (Å²) in [6, 6.07) is 2.20. The third-order valence-electron chi connectivity index (χ3n) is 2.56. The average molecular weight is 266 g/mol. The van der Waals surface area contributed by atoms with Gasteiger partial charge in [-0.05, 0) is 32.7 Å². The monoisotopic (exact) mass is 266 g/mol. The molecule has 0 aromatic rings. The number of alkyl halides is 3. The van der Waals surface area contributed by atoms with Gasteiger partial charge in [0.05, 0.1) is 19.1 Å². The van der Waals surface area contributed by atoms with Crippen LogP contribution in [0.1, 0.15) is 39.5 Å². The molecular formula is C12H21F3N2O. The minimum absolute atomic E-state index is 0.285. The molecule has 0 aromatic heterocycles. The molecule has 3 nitrogen and oxygen atoms in total. The van der Waals surface area contributed by atoms with E-state index in [1.807, 2.05) is 13.8 Å². The van der Waals surface area contributed by atoms with Gasteiger partial charge in [-0.3, -0.25) is 5.32 Å². The van der Waals surface area contributed by atoms with Crippen LogP contribution in [0.5, 0.6) is 0 Å². The Morgan fingerprint density at radius 1 is 1.17 bits per heavy atom. The van der Waals surface area contributed by atoms with E-state index in [0.29, 0.717) is 26.0 Å². The zero-order valence-corrected chi connectivity index (χ0v) is 10.9. The number of nitrogens with zero attached hydrogens (tertiary/aromatic N) is 1. The third-order valence-corrected chi connectivity index (χ3v) is 2.56. The highest BCUT2D eigenvalue weighted by Crippen LogP contribution is 2.19. The fourth-order valence-corrected chi connectivity index (χ4v) is 1.55. The summed E-state index contributed by atoms with van der Waals surface area (Å²) in [5, 5.41) is 12.1. The van der Waals surface area contributed by atoms with Crippen LogP contribution in [0.4, 0.5) is 13.2 Å². The first-order valence-corrected chi connectivity index (χ1v) is 6.14. The summed E-state index contributed by atoms with van der Waals surface area (Å²) >= 11 is 0. The van der Waals surface area contributed by atoms with Crippen molar-refractivity contribution in [2.24, 2.45) is 0 Å². The molecule has 0 aliphatic heterocycles. The van der Waals surface area contributed by atoms with E-state index in [9.17, 15) is 13.2 Å². The number of hydrogen-bond acceptors (Lipinski definition) is 3. The maximum atomic E-state index is 11.8. The van der Waals surface area contributed by atoms with Gasteiger partial charge in [-0.15, -0.1) is 0 Å². The van der Waals surface area contributed by atoms with Crippen molar-refractivity contribution < 1.29 is 17.9 Å². The predicted octanol–water partition coefficient (Wildman–Crippen LogP) is 3.02. The molecular weight excluding hydrogens is 245 g/mol. The van der Waals surface area contributed by atoms with E-state index >= 15 is 0 Å². The molecule has 1 N–H and O–H groups in total. The number of nitriles is 1. The van der Waals surface area contributed by atoms with E-state index in [2.05, 4.69) is 11.4 Å². The maximum absolute atomic E-state index is 11.8. The molecule has 0 rings (SSSR count). The van der Waals surface area contributed by atoms with Crippen LogP contribution >= 0.6 is 0 Å². The van der Waals surface area contributed by atoms with Crippen molar-refractivity contribution in [3.8, 4) is 6.07 Å². The molecule has 18 heavy (non-hydrogen) atoms. The van der Waals surface area contributed by atoms with Crippen LogP contribution in [0.15, 0.2) is 0 Å². The minimum atomic E-state index is -4.15. The molecule has 0 aromatic carbocycles. The molecule has 1 unspecified atom stereocenters. The second kappa shape index (κ2) is 8.33. The second-order valence-corrected chi connectivity index (χ2v) is 4.41. The Morgan fingerprint density at radius 3 is 2.33 bits per heavy atom. The first-order chi connectivity index (χ1) is 8.33. The molecule has 0 saturated heterocycles. The summed E-state index contributed by atoms with van der Waals surface area (Å²) in [4.78, 5) is 0. The summed E-state index contributed by atoms with van der Waals surface area (Å²) in [5.74, 6) is 0. The molecule has 0 radical (unpaired) electrons. The van der Waals surface area contributed by atoms with Gasteiger partial charge >= 0.3 is 6.18 Å². The smallest absolute Gasteiger partial charge is 0.381 e. The van der Waals surface area contributed by atoms with Crippen molar-refractivity contribution in [1.29, 1.82) is 5.26 Å². The van der Waals surface area contributed by atoms with Crippen molar-refractivity contribution in [1.82, 2.24) is 5.32 Å². The standard InChI is InChI=1S/C12H21F3N2O/c1-3-17-11(2,10-16)6-4-5-8-18-9-7-12(13,14)15/h17H,3-9H2,1-2H3. The lowest BCUT2D eigenvalue weighted by Crippen LogP contribution is -2.40. The molecule has 0 heterocycles. The van der Waals surface area contributed by atoms with E-state index in [-0.39, 0.29) is 6.61 Å². The van der Waals surface area contributed by atoms with Crippen LogP contribution in [-0.2, 0) is 4.74 Å². The molecule has 106 valence electrons. The minimum Gasteiger partial charge on any atom is -0.381 e. The third kappa shape index (κ3) is 9.25. The normalized spacial score (nSPS) is 15.1. The highest BCUT2D eigenvalue weighted by Gasteiger charge is 2.26. The topological polar surface area (TPSA) is 45.0 Å². The van der Waals surface area contributed by atoms with Crippen molar-refractivity contribution in [2.45, 2.75) is 51.2 Å². The highest BCUT2D eigenvalue weighted by molar-refractivity contribution is 5.03. The average Bonchev–Trinajstić information content (AvgIpc) is 2.27. The number of unbranched alkanes of at least 4 members (excludes halogenated alkanes) is 1. The fourth-order valence-electron chi connectivity index (χ4n) is 1.55. The van der Waals surface area contributed by atoms with E-state index in [0.717, 1.165) is 6.42 Å². The van der Waals surface area contributed by atoms with Crippen LogP contribution in [0, 0.1) is 11.3 Å². The first kappa shape index (κ1) is 17.2. The van der Waals surface area contributed by atoms with E-state index in [1.54, 1.807) is 0 Å². The summed E-state index contributed by atoms with van der Waals surface area (Å²) < 4.78 is 40.3. The van der Waals surface area contributed by atoms with Crippen LogP contribution in [0.25, 0.3) is 0 Å². The molecule has 0 aliphatic rings. The van der Waals surface area contributed by atoms with Gasteiger partial charge in [0.1, 0.15) is 5.54 Å². The van der Waals surface area contributed by atoms with Crippen molar-refractivity contribution >= 4 is 0 Å². The summed E-state index contributed by atoms with van der Waals surface area (Å²) in [7, 11) is 0. The van der Waals surface area contributed by atoms with E-state index in [1.165, 1.54) is 0 Å². The number of nitrogens with one attached hydrogen (secondary N) is 1. The number of rotatable bonds is 9. The van der Waals surface area contributed by atoms with Gasteiger partial charge in [-0.2, -0.15) is 18.4 Å². The van der Waals surface area contributed by atoms with Crippen LogP contribution in [-0.4, -0.2) is 31.5 Å². The summed E-state index contributed by atoms with van der Waals surface area (Å²) in [6.45, 7) is 4.49. The molecule has 1 atom stereocenters. The van der Waals surface area contributed by atoms with E-state index < -0.39 is 18.1 Å². The predicted molar refractivity (Wildman–Crippen MR) is 63.0 cm³/mol. The Balaban J connectivity index is 3.54. The molecule has 0 fully saturated rings. The van der Waals surface area contributed by atoms with Gasteiger partial charge in [0.15, 0.2) is 0 Å². The molecule has 0 aliphatic carbocycles. The van der Waals surface area contributed by atoms with Crippen LogP contribution in [0.2, 0.25) is 0 Å². The Bertz CT molecular complexity index is 263. The lowest BCUT2D eigenvalue weighted by atomic mass is 9.97. The Kier molecular flexibility index (Phi) is 7.96. The van der Waals surface area contributed by atoms with Gasteiger partial charge < -0.3 is 4.74 Å². The van der Waals surface area contributed by atoms with Crippen molar-refractivity contribution in [3.63, 3.8) is 0 Å². The van der Waals surface area contributed by atoms with Crippen molar-refractivity contribution in [2.75, 3.05) is 19.8 Å². The molecule has 6 heteroatoms. The van der Waals surface area contributed by atoms with Gasteiger partial charge in [-0.25, -0.2) is 0 Å². The van der Waals surface area contributed by atoms with Crippen LogP contribution < -0.4 is 5.32 Å². The van der Waals surface area contributed by atoms with Gasteiger partial charge in [0, 0.05) is 6.61 Å². The molecule has 0 amide bonds. The summed E-state index contributed by atoms with van der Waals surface area (Å²) in [6.07, 6.45) is -2.96. The Morgan fingerprint density at radius 2 is 1.83 bits per heavy atom. The Labute approximate surface area is 106 Å². The second-order valence-electron chi connectivity index (χ2n) is 4.41.